The maximum atomic E-state index is 9.20. The zero-order valence-corrected chi connectivity index (χ0v) is 14.3. The van der Waals surface area contributed by atoms with Crippen molar-refractivity contribution in [3.63, 3.8) is 0 Å². The third-order valence-electron chi connectivity index (χ3n) is 3.62. The molecule has 1 N–H and O–H groups in total. The van der Waals surface area contributed by atoms with Gasteiger partial charge in [0.25, 0.3) is 0 Å². The first-order valence-electron chi connectivity index (χ1n) is 7.78. The molecule has 0 unspecified atom stereocenters. The summed E-state index contributed by atoms with van der Waals surface area (Å²) in [4.78, 5) is 13.4. The normalized spacial score (nSPS) is 11.0. The fourth-order valence-corrected chi connectivity index (χ4v) is 2.60. The van der Waals surface area contributed by atoms with Crippen molar-refractivity contribution >= 4 is 11.6 Å². The van der Waals surface area contributed by atoms with Gasteiger partial charge in [-0.05, 0) is 37.6 Å². The van der Waals surface area contributed by atoms with Crippen molar-refractivity contribution < 1.29 is 5.11 Å². The molecule has 2 aromatic heterocycles. The van der Waals surface area contributed by atoms with Crippen LogP contribution in [-0.4, -0.2) is 36.4 Å². The lowest BCUT2D eigenvalue weighted by atomic mass is 10.1. The molecule has 24 heavy (non-hydrogen) atoms. The highest BCUT2D eigenvalue weighted by Crippen LogP contribution is 2.24. The largest absolute Gasteiger partial charge is 0.396 e. The number of aliphatic hydroxyl groups is 1. The van der Waals surface area contributed by atoms with Gasteiger partial charge in [-0.15, -0.1) is 0 Å². The van der Waals surface area contributed by atoms with Gasteiger partial charge >= 0.3 is 0 Å². The van der Waals surface area contributed by atoms with E-state index in [-0.39, 0.29) is 6.61 Å². The number of nitrogens with zero attached hydrogens (tertiary/aromatic N) is 5. The van der Waals surface area contributed by atoms with Crippen LogP contribution in [0.1, 0.15) is 24.3 Å². The molecule has 0 spiro atoms. The van der Waals surface area contributed by atoms with Crippen molar-refractivity contribution in [2.24, 2.45) is 0 Å². The smallest absolute Gasteiger partial charge is 0.166 e. The summed E-state index contributed by atoms with van der Waals surface area (Å²) in [6, 6.07) is 7.37. The molecule has 3 rings (SSSR count). The zero-order valence-electron chi connectivity index (χ0n) is 13.6. The van der Waals surface area contributed by atoms with Gasteiger partial charge in [-0.2, -0.15) is 5.10 Å². The van der Waals surface area contributed by atoms with Crippen LogP contribution in [0.4, 0.5) is 0 Å². The minimum absolute atomic E-state index is 0.00486. The molecule has 0 bridgehead atoms. The number of rotatable bonds is 5. The number of hydrogen-bond acceptors (Lipinski definition) is 5. The molecule has 3 aromatic rings. The second-order valence-corrected chi connectivity index (χ2v) is 5.78. The number of aliphatic hydroxyl groups excluding tert-OH is 1. The SMILES string of the molecule is CCc1nc(C)ncc1-c1nc(CCO)nn1-c1ccc(Cl)cc1. The van der Waals surface area contributed by atoms with Gasteiger partial charge in [0, 0.05) is 17.6 Å². The molecule has 7 heteroatoms. The van der Waals surface area contributed by atoms with E-state index in [2.05, 4.69) is 20.1 Å². The first-order valence-corrected chi connectivity index (χ1v) is 8.15. The summed E-state index contributed by atoms with van der Waals surface area (Å²) in [6.45, 7) is 3.90. The number of aryl methyl sites for hydroxylation is 2. The van der Waals surface area contributed by atoms with Gasteiger partial charge in [0.2, 0.25) is 0 Å². The van der Waals surface area contributed by atoms with Crippen molar-refractivity contribution in [1.29, 1.82) is 0 Å². The van der Waals surface area contributed by atoms with E-state index in [4.69, 9.17) is 11.6 Å². The van der Waals surface area contributed by atoms with Crippen LogP contribution in [0.15, 0.2) is 30.5 Å². The van der Waals surface area contributed by atoms with Crippen LogP contribution in [0.3, 0.4) is 0 Å². The molecular formula is C17H18ClN5O. The van der Waals surface area contributed by atoms with Gasteiger partial charge in [-0.25, -0.2) is 19.6 Å². The Balaban J connectivity index is 2.17. The van der Waals surface area contributed by atoms with Crippen molar-refractivity contribution in [3.05, 3.63) is 52.8 Å². The lowest BCUT2D eigenvalue weighted by Gasteiger charge is -2.09. The molecule has 0 aliphatic carbocycles. The monoisotopic (exact) mass is 343 g/mol. The maximum absolute atomic E-state index is 9.20. The number of halogens is 1. The maximum Gasteiger partial charge on any atom is 0.166 e. The Kier molecular flexibility index (Phi) is 4.87. The second-order valence-electron chi connectivity index (χ2n) is 5.34. The van der Waals surface area contributed by atoms with Crippen LogP contribution in [0.2, 0.25) is 5.02 Å². The lowest BCUT2D eigenvalue weighted by molar-refractivity contribution is 0.296. The zero-order chi connectivity index (χ0) is 17.1. The first kappa shape index (κ1) is 16.5. The fraction of sp³-hybridized carbons (Fsp3) is 0.294. The quantitative estimate of drug-likeness (QED) is 0.770. The van der Waals surface area contributed by atoms with Crippen molar-refractivity contribution in [1.82, 2.24) is 24.7 Å². The summed E-state index contributed by atoms with van der Waals surface area (Å²) in [5.41, 5.74) is 2.60. The predicted molar refractivity (Wildman–Crippen MR) is 92.3 cm³/mol. The molecule has 0 saturated carbocycles. The van der Waals surface area contributed by atoms with E-state index in [0.717, 1.165) is 29.2 Å². The Hall–Kier alpha value is -2.31. The van der Waals surface area contributed by atoms with E-state index in [1.54, 1.807) is 23.0 Å². The third-order valence-corrected chi connectivity index (χ3v) is 3.87. The summed E-state index contributed by atoms with van der Waals surface area (Å²) >= 11 is 5.98. The highest BCUT2D eigenvalue weighted by atomic mass is 35.5. The Bertz CT molecular complexity index is 845. The molecule has 0 aliphatic rings. The number of aromatic nitrogens is 5. The topological polar surface area (TPSA) is 76.7 Å². The lowest BCUT2D eigenvalue weighted by Crippen LogP contribution is -2.04. The van der Waals surface area contributed by atoms with Crippen LogP contribution in [0.5, 0.6) is 0 Å². The molecule has 0 saturated heterocycles. The highest BCUT2D eigenvalue weighted by molar-refractivity contribution is 6.30. The molecule has 0 aliphatic heterocycles. The Morgan fingerprint density at radius 3 is 2.58 bits per heavy atom. The van der Waals surface area contributed by atoms with Crippen LogP contribution < -0.4 is 0 Å². The van der Waals surface area contributed by atoms with E-state index in [1.807, 2.05) is 26.0 Å². The molecule has 0 radical (unpaired) electrons. The predicted octanol–water partition coefficient (Wildman–Crippen LogP) is 2.78. The van der Waals surface area contributed by atoms with E-state index in [9.17, 15) is 5.11 Å². The fourth-order valence-electron chi connectivity index (χ4n) is 2.47. The molecule has 0 fully saturated rings. The standard InChI is InChI=1S/C17H18ClN5O/c1-3-15-14(10-19-11(2)20-15)17-21-16(8-9-24)22-23(17)13-6-4-12(18)5-7-13/h4-7,10,24H,3,8-9H2,1-2H3. The van der Waals surface area contributed by atoms with Crippen molar-refractivity contribution in [2.45, 2.75) is 26.7 Å². The van der Waals surface area contributed by atoms with Gasteiger partial charge in [-0.3, -0.25) is 0 Å². The van der Waals surface area contributed by atoms with Gasteiger partial charge in [0.1, 0.15) is 5.82 Å². The molecule has 2 heterocycles. The summed E-state index contributed by atoms with van der Waals surface area (Å²) in [5, 5.41) is 14.4. The van der Waals surface area contributed by atoms with E-state index < -0.39 is 0 Å². The molecular weight excluding hydrogens is 326 g/mol. The third kappa shape index (κ3) is 3.29. The van der Waals surface area contributed by atoms with Crippen LogP contribution in [0, 0.1) is 6.92 Å². The molecule has 124 valence electrons. The molecule has 1 aromatic carbocycles. The van der Waals surface area contributed by atoms with E-state index in [0.29, 0.717) is 23.1 Å². The van der Waals surface area contributed by atoms with Crippen LogP contribution >= 0.6 is 11.6 Å². The van der Waals surface area contributed by atoms with Gasteiger partial charge in [0.15, 0.2) is 11.6 Å². The van der Waals surface area contributed by atoms with Gasteiger partial charge in [-0.1, -0.05) is 18.5 Å². The molecule has 0 amide bonds. The Labute approximate surface area is 145 Å². The minimum atomic E-state index is -0.00486. The second kappa shape index (κ2) is 7.07. The Morgan fingerprint density at radius 1 is 1.17 bits per heavy atom. The summed E-state index contributed by atoms with van der Waals surface area (Å²) in [7, 11) is 0. The number of benzene rings is 1. The summed E-state index contributed by atoms with van der Waals surface area (Å²) < 4.78 is 1.74. The molecule has 6 nitrogen and oxygen atoms in total. The van der Waals surface area contributed by atoms with E-state index >= 15 is 0 Å². The first-order chi connectivity index (χ1) is 11.6. The van der Waals surface area contributed by atoms with Crippen LogP contribution in [0.25, 0.3) is 17.1 Å². The van der Waals surface area contributed by atoms with Crippen LogP contribution in [-0.2, 0) is 12.8 Å². The summed E-state index contributed by atoms with van der Waals surface area (Å²) in [5.74, 6) is 1.96. The molecule has 0 atom stereocenters. The number of hydrogen-bond donors (Lipinski definition) is 1. The average molecular weight is 344 g/mol. The average Bonchev–Trinajstić information content (AvgIpc) is 2.99. The van der Waals surface area contributed by atoms with Gasteiger partial charge in [0.05, 0.1) is 23.6 Å². The Morgan fingerprint density at radius 2 is 1.92 bits per heavy atom. The summed E-state index contributed by atoms with van der Waals surface area (Å²) in [6.07, 6.45) is 2.93. The van der Waals surface area contributed by atoms with Crippen molar-refractivity contribution in [3.8, 4) is 17.1 Å². The van der Waals surface area contributed by atoms with Crippen molar-refractivity contribution in [2.75, 3.05) is 6.61 Å². The van der Waals surface area contributed by atoms with E-state index in [1.165, 1.54) is 0 Å². The minimum Gasteiger partial charge on any atom is -0.396 e. The highest BCUT2D eigenvalue weighted by Gasteiger charge is 2.17. The van der Waals surface area contributed by atoms with Gasteiger partial charge < -0.3 is 5.11 Å².